The predicted molar refractivity (Wildman–Crippen MR) is 99.0 cm³/mol. The zero-order valence-corrected chi connectivity index (χ0v) is 16.3. The molecule has 1 heterocycles. The van der Waals surface area contributed by atoms with Gasteiger partial charge in [0.2, 0.25) is 0 Å². The van der Waals surface area contributed by atoms with Crippen LogP contribution in [-0.2, 0) is 23.8 Å². The molecule has 2 atom stereocenters. The first-order valence-electron chi connectivity index (χ1n) is 8.96. The Labute approximate surface area is 155 Å². The molecule has 1 aromatic rings. The Hall–Kier alpha value is -2.08. The molecule has 0 amide bonds. The van der Waals surface area contributed by atoms with Crippen LogP contribution < -0.4 is 4.90 Å². The first-order valence-corrected chi connectivity index (χ1v) is 8.96. The molecule has 6 nitrogen and oxygen atoms in total. The van der Waals surface area contributed by atoms with Crippen LogP contribution in [0.4, 0.5) is 5.69 Å². The van der Waals surface area contributed by atoms with E-state index in [2.05, 4.69) is 11.8 Å². The maximum atomic E-state index is 12.7. The number of ether oxygens (including phenoxy) is 3. The minimum atomic E-state index is -1.23. The maximum Gasteiger partial charge on any atom is 0.340 e. The lowest BCUT2D eigenvalue weighted by Gasteiger charge is -2.54. The first kappa shape index (κ1) is 20.2. The molecule has 2 unspecified atom stereocenters. The fraction of sp³-hybridized carbons (Fsp3) is 0.600. The number of rotatable bonds is 6. The van der Waals surface area contributed by atoms with Gasteiger partial charge in [-0.1, -0.05) is 25.1 Å². The van der Waals surface area contributed by atoms with Gasteiger partial charge < -0.3 is 19.1 Å². The average molecular weight is 363 g/mol. The summed E-state index contributed by atoms with van der Waals surface area (Å²) in [4.78, 5) is 26.6. The molecule has 0 radical (unpaired) electrons. The molecule has 1 aliphatic heterocycles. The monoisotopic (exact) mass is 363 g/mol. The van der Waals surface area contributed by atoms with Gasteiger partial charge in [-0.05, 0) is 38.8 Å². The smallest absolute Gasteiger partial charge is 0.340 e. The maximum absolute atomic E-state index is 12.7. The van der Waals surface area contributed by atoms with Gasteiger partial charge in [0.05, 0.1) is 32.4 Å². The Morgan fingerprint density at radius 2 is 1.85 bits per heavy atom. The number of esters is 2. The molecule has 6 heteroatoms. The third-order valence-electron chi connectivity index (χ3n) is 5.06. The molecule has 0 aromatic heterocycles. The highest BCUT2D eigenvalue weighted by molar-refractivity contribution is 5.82. The van der Waals surface area contributed by atoms with Crippen LogP contribution in [-0.4, -0.2) is 49.9 Å². The Kier molecular flexibility index (Phi) is 6.29. The average Bonchev–Trinajstić information content (AvgIpc) is 2.64. The third-order valence-corrected chi connectivity index (χ3v) is 5.06. The highest BCUT2D eigenvalue weighted by atomic mass is 16.6. The van der Waals surface area contributed by atoms with Crippen molar-refractivity contribution in [2.24, 2.45) is 0 Å². The molecule has 1 aliphatic rings. The largest absolute Gasteiger partial charge is 0.469 e. The summed E-state index contributed by atoms with van der Waals surface area (Å²) in [5.74, 6) is -0.844. The van der Waals surface area contributed by atoms with E-state index in [4.69, 9.17) is 14.2 Å². The summed E-state index contributed by atoms with van der Waals surface area (Å²) in [6.07, 6.45) is 1.15. The van der Waals surface area contributed by atoms with Crippen molar-refractivity contribution in [3.63, 3.8) is 0 Å². The second-order valence-corrected chi connectivity index (χ2v) is 7.16. The van der Waals surface area contributed by atoms with Gasteiger partial charge in [-0.3, -0.25) is 4.79 Å². The molecule has 0 N–H and O–H groups in total. The van der Waals surface area contributed by atoms with Crippen LogP contribution in [0.5, 0.6) is 0 Å². The lowest BCUT2D eigenvalue weighted by Crippen LogP contribution is -2.68. The van der Waals surface area contributed by atoms with Crippen molar-refractivity contribution >= 4 is 17.6 Å². The van der Waals surface area contributed by atoms with Gasteiger partial charge in [0.15, 0.2) is 5.60 Å². The SMILES string of the molecule is CCC1N(c2ccccc2)CC(CCC(=O)OC)(C(=O)OC)OC1(C)C. The molecule has 26 heavy (non-hydrogen) atoms. The molecular weight excluding hydrogens is 334 g/mol. The molecular formula is C20H29NO5. The van der Waals surface area contributed by atoms with E-state index >= 15 is 0 Å². The van der Waals surface area contributed by atoms with Crippen LogP contribution in [0.2, 0.25) is 0 Å². The van der Waals surface area contributed by atoms with Gasteiger partial charge in [-0.15, -0.1) is 0 Å². The third kappa shape index (κ3) is 4.01. The second kappa shape index (κ2) is 8.08. The Morgan fingerprint density at radius 1 is 1.19 bits per heavy atom. The number of benzene rings is 1. The van der Waals surface area contributed by atoms with Crippen LogP contribution in [0.25, 0.3) is 0 Å². The number of morpholine rings is 1. The van der Waals surface area contributed by atoms with Gasteiger partial charge >= 0.3 is 11.9 Å². The zero-order valence-electron chi connectivity index (χ0n) is 16.3. The Balaban J connectivity index is 2.44. The number of anilines is 1. The minimum Gasteiger partial charge on any atom is -0.469 e. The van der Waals surface area contributed by atoms with Crippen LogP contribution in [0.3, 0.4) is 0 Å². The summed E-state index contributed by atoms with van der Waals surface area (Å²) in [5, 5.41) is 0. The van der Waals surface area contributed by atoms with Crippen LogP contribution in [0.15, 0.2) is 30.3 Å². The van der Waals surface area contributed by atoms with Crippen molar-refractivity contribution in [1.82, 2.24) is 0 Å². The van der Waals surface area contributed by atoms with Crippen molar-refractivity contribution < 1.29 is 23.8 Å². The van der Waals surface area contributed by atoms with Crippen LogP contribution in [0.1, 0.15) is 40.0 Å². The van der Waals surface area contributed by atoms with Crippen molar-refractivity contribution in [3.8, 4) is 0 Å². The van der Waals surface area contributed by atoms with Gasteiger partial charge in [0.25, 0.3) is 0 Å². The number of nitrogens with zero attached hydrogens (tertiary/aromatic N) is 1. The molecule has 0 spiro atoms. The summed E-state index contributed by atoms with van der Waals surface area (Å²) in [6.45, 7) is 6.38. The van der Waals surface area contributed by atoms with Gasteiger partial charge in [0.1, 0.15) is 0 Å². The number of carbonyl (C=O) groups excluding carboxylic acids is 2. The summed E-state index contributed by atoms with van der Waals surface area (Å²) >= 11 is 0. The van der Waals surface area contributed by atoms with E-state index in [0.29, 0.717) is 6.54 Å². The van der Waals surface area contributed by atoms with E-state index in [1.54, 1.807) is 0 Å². The first-order chi connectivity index (χ1) is 12.3. The lowest BCUT2D eigenvalue weighted by atomic mass is 9.84. The van der Waals surface area contributed by atoms with Crippen molar-refractivity contribution in [3.05, 3.63) is 30.3 Å². The highest BCUT2D eigenvalue weighted by Gasteiger charge is 2.54. The number of carbonyl (C=O) groups is 2. The van der Waals surface area contributed by atoms with Crippen LogP contribution in [0, 0.1) is 0 Å². The number of methoxy groups -OCH3 is 2. The summed E-state index contributed by atoms with van der Waals surface area (Å²) in [6, 6.07) is 10.0. The van der Waals surface area contributed by atoms with Gasteiger partial charge in [-0.2, -0.15) is 0 Å². The fourth-order valence-electron chi connectivity index (χ4n) is 3.90. The summed E-state index contributed by atoms with van der Waals surface area (Å²) < 4.78 is 16.1. The molecule has 1 saturated heterocycles. The predicted octanol–water partition coefficient (Wildman–Crippen LogP) is 2.95. The second-order valence-electron chi connectivity index (χ2n) is 7.16. The number of para-hydroxylation sites is 1. The number of hydrogen-bond donors (Lipinski definition) is 0. The lowest BCUT2D eigenvalue weighted by molar-refractivity contribution is -0.205. The van der Waals surface area contributed by atoms with E-state index < -0.39 is 17.2 Å². The Bertz CT molecular complexity index is 630. The summed E-state index contributed by atoms with van der Waals surface area (Å²) in [7, 11) is 2.68. The molecule has 0 saturated carbocycles. The van der Waals surface area contributed by atoms with E-state index in [1.807, 2.05) is 44.2 Å². The van der Waals surface area contributed by atoms with E-state index in [-0.39, 0.29) is 24.9 Å². The highest BCUT2D eigenvalue weighted by Crippen LogP contribution is 2.40. The molecule has 0 bridgehead atoms. The minimum absolute atomic E-state index is 0.0841. The van der Waals surface area contributed by atoms with E-state index in [0.717, 1.165) is 12.1 Å². The van der Waals surface area contributed by atoms with E-state index in [9.17, 15) is 9.59 Å². The topological polar surface area (TPSA) is 65.1 Å². The standard InChI is InChI=1S/C20H29NO5/c1-6-16-19(2,3)26-20(18(23)25-5,13-12-17(22)24-4)14-21(16)15-10-8-7-9-11-15/h7-11,16H,6,12-14H2,1-5H3. The number of hydrogen-bond acceptors (Lipinski definition) is 6. The normalized spacial score (nSPS) is 24.8. The van der Waals surface area contributed by atoms with Crippen molar-refractivity contribution in [1.29, 1.82) is 0 Å². The zero-order chi connectivity index (χ0) is 19.4. The molecule has 1 fully saturated rings. The fourth-order valence-corrected chi connectivity index (χ4v) is 3.90. The van der Waals surface area contributed by atoms with Gasteiger partial charge in [-0.25, -0.2) is 4.79 Å². The van der Waals surface area contributed by atoms with Crippen molar-refractivity contribution in [2.45, 2.75) is 57.3 Å². The summed E-state index contributed by atoms with van der Waals surface area (Å²) in [5.41, 5.74) is -0.816. The van der Waals surface area contributed by atoms with Crippen LogP contribution >= 0.6 is 0 Å². The molecule has 1 aromatic carbocycles. The Morgan fingerprint density at radius 3 is 2.38 bits per heavy atom. The molecule has 0 aliphatic carbocycles. The van der Waals surface area contributed by atoms with Crippen molar-refractivity contribution in [2.75, 3.05) is 25.7 Å². The van der Waals surface area contributed by atoms with Gasteiger partial charge in [0, 0.05) is 12.1 Å². The molecule has 144 valence electrons. The van der Waals surface area contributed by atoms with E-state index in [1.165, 1.54) is 14.2 Å². The molecule has 2 rings (SSSR count). The quantitative estimate of drug-likeness (QED) is 0.724.